The summed E-state index contributed by atoms with van der Waals surface area (Å²) in [5.74, 6) is -1.71. The zero-order valence-corrected chi connectivity index (χ0v) is 10.6. The monoisotopic (exact) mass is 255 g/mol. The number of carboxylic acid groups (broad SMARTS) is 1. The number of hydrogen-bond donors (Lipinski definition) is 3. The number of nitrogens with one attached hydrogen (secondary N) is 2. The van der Waals surface area contributed by atoms with Crippen LogP contribution in [0.4, 0.5) is 0 Å². The Kier molecular flexibility index (Phi) is 4.43. The average molecular weight is 255 g/mol. The Hall–Kier alpha value is -1.89. The minimum atomic E-state index is -1.48. The number of H-pyrrole nitrogens is 1. The van der Waals surface area contributed by atoms with Crippen molar-refractivity contribution >= 4 is 11.9 Å². The van der Waals surface area contributed by atoms with Crippen LogP contribution in [0.1, 0.15) is 30.0 Å². The predicted molar refractivity (Wildman–Crippen MR) is 63.3 cm³/mol. The highest BCUT2D eigenvalue weighted by molar-refractivity contribution is 5.96. The van der Waals surface area contributed by atoms with Crippen molar-refractivity contribution in [1.29, 1.82) is 0 Å². The van der Waals surface area contributed by atoms with Crippen LogP contribution in [0, 0.1) is 0 Å². The zero-order chi connectivity index (χ0) is 13.8. The molecule has 7 nitrogen and oxygen atoms in total. The van der Waals surface area contributed by atoms with Crippen molar-refractivity contribution in [3.05, 3.63) is 17.5 Å². The summed E-state index contributed by atoms with van der Waals surface area (Å²) in [5.41, 5.74) is -0.503. The van der Waals surface area contributed by atoms with Crippen molar-refractivity contribution in [2.75, 3.05) is 13.7 Å². The third-order valence-electron chi connectivity index (χ3n) is 2.54. The van der Waals surface area contributed by atoms with E-state index in [-0.39, 0.29) is 12.3 Å². The fourth-order valence-electron chi connectivity index (χ4n) is 1.41. The van der Waals surface area contributed by atoms with Crippen molar-refractivity contribution < 1.29 is 19.4 Å². The zero-order valence-electron chi connectivity index (χ0n) is 10.6. The maximum absolute atomic E-state index is 11.9. The first kappa shape index (κ1) is 14.2. The minimum absolute atomic E-state index is 0.126. The molecule has 1 unspecified atom stereocenters. The summed E-state index contributed by atoms with van der Waals surface area (Å²) in [7, 11) is 1.37. The molecule has 1 aromatic heterocycles. The fourth-order valence-corrected chi connectivity index (χ4v) is 1.41. The van der Waals surface area contributed by atoms with Crippen molar-refractivity contribution in [3.63, 3.8) is 0 Å². The van der Waals surface area contributed by atoms with E-state index in [1.165, 1.54) is 14.0 Å². The van der Waals surface area contributed by atoms with Crippen molar-refractivity contribution in [3.8, 4) is 0 Å². The van der Waals surface area contributed by atoms with Gasteiger partial charge in [-0.25, -0.2) is 4.79 Å². The Labute approximate surface area is 105 Å². The first-order valence-corrected chi connectivity index (χ1v) is 5.52. The molecular formula is C11H17N3O4. The summed E-state index contributed by atoms with van der Waals surface area (Å²) < 4.78 is 4.81. The van der Waals surface area contributed by atoms with Gasteiger partial charge in [0.05, 0.1) is 6.61 Å². The molecule has 0 saturated heterocycles. The van der Waals surface area contributed by atoms with Crippen LogP contribution in [0.3, 0.4) is 0 Å². The van der Waals surface area contributed by atoms with E-state index >= 15 is 0 Å². The van der Waals surface area contributed by atoms with Gasteiger partial charge < -0.3 is 15.2 Å². The maximum Gasteiger partial charge on any atom is 0.331 e. The summed E-state index contributed by atoms with van der Waals surface area (Å²) in [5, 5.41) is 18.0. The van der Waals surface area contributed by atoms with Gasteiger partial charge in [0.15, 0.2) is 5.54 Å². The second kappa shape index (κ2) is 5.63. The van der Waals surface area contributed by atoms with E-state index in [9.17, 15) is 9.59 Å². The molecule has 0 aliphatic rings. The van der Waals surface area contributed by atoms with Crippen molar-refractivity contribution in [2.24, 2.45) is 0 Å². The molecule has 1 rings (SSSR count). The summed E-state index contributed by atoms with van der Waals surface area (Å²) in [6, 6.07) is 1.59. The van der Waals surface area contributed by atoms with Gasteiger partial charge in [-0.1, -0.05) is 6.92 Å². The first-order chi connectivity index (χ1) is 8.42. The van der Waals surface area contributed by atoms with Gasteiger partial charge >= 0.3 is 5.97 Å². The van der Waals surface area contributed by atoms with Crippen LogP contribution in [-0.2, 0) is 16.0 Å². The topological polar surface area (TPSA) is 104 Å². The van der Waals surface area contributed by atoms with Crippen molar-refractivity contribution in [2.45, 2.75) is 25.8 Å². The second-order valence-electron chi connectivity index (χ2n) is 4.16. The van der Waals surface area contributed by atoms with Crippen molar-refractivity contribution in [1.82, 2.24) is 15.5 Å². The van der Waals surface area contributed by atoms with Crippen LogP contribution in [-0.4, -0.2) is 46.4 Å². The van der Waals surface area contributed by atoms with E-state index in [1.807, 2.05) is 6.92 Å². The van der Waals surface area contributed by atoms with Gasteiger partial charge in [0.25, 0.3) is 5.91 Å². The molecule has 100 valence electrons. The summed E-state index contributed by atoms with van der Waals surface area (Å²) in [6.07, 6.45) is 0.717. The molecule has 0 fully saturated rings. The molecule has 0 aliphatic heterocycles. The number of carboxylic acids is 1. The predicted octanol–water partition coefficient (Wildman–Crippen LogP) is 0.192. The Morgan fingerprint density at radius 1 is 1.61 bits per heavy atom. The quantitative estimate of drug-likeness (QED) is 0.673. The van der Waals surface area contributed by atoms with Crippen LogP contribution < -0.4 is 5.32 Å². The largest absolute Gasteiger partial charge is 0.479 e. The summed E-state index contributed by atoms with van der Waals surface area (Å²) in [6.45, 7) is 3.17. The lowest BCUT2D eigenvalue weighted by Gasteiger charge is -2.24. The van der Waals surface area contributed by atoms with E-state index < -0.39 is 17.4 Å². The van der Waals surface area contributed by atoms with Gasteiger partial charge in [-0.05, 0) is 19.4 Å². The third kappa shape index (κ3) is 3.07. The standard InChI is InChI=1S/C11H17N3O4/c1-4-7-5-8(14-13-7)9(15)12-11(2,6-18-3)10(16)17/h5H,4,6H2,1-3H3,(H,12,15)(H,13,14)(H,16,17). The van der Waals surface area contributed by atoms with Crippen LogP contribution in [0.2, 0.25) is 0 Å². The lowest BCUT2D eigenvalue weighted by Crippen LogP contribution is -2.55. The number of rotatable bonds is 6. The number of aromatic amines is 1. The highest BCUT2D eigenvalue weighted by atomic mass is 16.5. The van der Waals surface area contributed by atoms with Gasteiger partial charge in [0.1, 0.15) is 5.69 Å². The van der Waals surface area contributed by atoms with E-state index in [0.717, 1.165) is 5.69 Å². The molecular weight excluding hydrogens is 238 g/mol. The molecule has 0 bridgehead atoms. The molecule has 18 heavy (non-hydrogen) atoms. The van der Waals surface area contributed by atoms with E-state index in [0.29, 0.717) is 6.42 Å². The van der Waals surface area contributed by atoms with Crippen LogP contribution >= 0.6 is 0 Å². The molecule has 0 spiro atoms. The highest BCUT2D eigenvalue weighted by Gasteiger charge is 2.35. The molecule has 3 N–H and O–H groups in total. The number of aliphatic carboxylic acids is 1. The van der Waals surface area contributed by atoms with E-state index in [2.05, 4.69) is 15.5 Å². The Morgan fingerprint density at radius 3 is 2.72 bits per heavy atom. The van der Waals surface area contributed by atoms with E-state index in [1.54, 1.807) is 6.07 Å². The third-order valence-corrected chi connectivity index (χ3v) is 2.54. The first-order valence-electron chi connectivity index (χ1n) is 5.52. The molecule has 0 aliphatic carbocycles. The number of aryl methyl sites for hydroxylation is 1. The number of aromatic nitrogens is 2. The number of carbonyl (C=O) groups is 2. The number of hydrogen-bond acceptors (Lipinski definition) is 4. The molecule has 0 aromatic carbocycles. The Bertz CT molecular complexity index is 443. The summed E-state index contributed by atoms with van der Waals surface area (Å²) in [4.78, 5) is 23.0. The minimum Gasteiger partial charge on any atom is -0.479 e. The lowest BCUT2D eigenvalue weighted by molar-refractivity contribution is -0.145. The van der Waals surface area contributed by atoms with Crippen LogP contribution in [0.15, 0.2) is 6.07 Å². The fraction of sp³-hybridized carbons (Fsp3) is 0.545. The number of methoxy groups -OCH3 is 1. The molecule has 1 atom stereocenters. The number of amides is 1. The highest BCUT2D eigenvalue weighted by Crippen LogP contribution is 2.07. The molecule has 1 aromatic rings. The SMILES string of the molecule is CCc1cc(C(=O)NC(C)(COC)C(=O)O)n[nH]1. The van der Waals surface area contributed by atoms with Gasteiger partial charge in [-0.3, -0.25) is 9.89 Å². The van der Waals surface area contributed by atoms with Crippen LogP contribution in [0.5, 0.6) is 0 Å². The smallest absolute Gasteiger partial charge is 0.331 e. The number of carbonyl (C=O) groups excluding carboxylic acids is 1. The van der Waals surface area contributed by atoms with Gasteiger partial charge in [-0.2, -0.15) is 5.10 Å². The normalized spacial score (nSPS) is 13.9. The molecule has 1 heterocycles. The average Bonchev–Trinajstić information content (AvgIpc) is 2.77. The van der Waals surface area contributed by atoms with Gasteiger partial charge in [0.2, 0.25) is 0 Å². The maximum atomic E-state index is 11.9. The lowest BCUT2D eigenvalue weighted by atomic mass is 10.0. The Balaban J connectivity index is 2.81. The summed E-state index contributed by atoms with van der Waals surface area (Å²) >= 11 is 0. The second-order valence-corrected chi connectivity index (χ2v) is 4.16. The molecule has 0 radical (unpaired) electrons. The van der Waals surface area contributed by atoms with E-state index in [4.69, 9.17) is 9.84 Å². The molecule has 1 amide bonds. The van der Waals surface area contributed by atoms with Gasteiger partial charge in [0, 0.05) is 12.8 Å². The molecule has 7 heteroatoms. The Morgan fingerprint density at radius 2 is 2.28 bits per heavy atom. The number of ether oxygens (including phenoxy) is 1. The van der Waals surface area contributed by atoms with Crippen LogP contribution in [0.25, 0.3) is 0 Å². The van der Waals surface area contributed by atoms with Gasteiger partial charge in [-0.15, -0.1) is 0 Å². The number of nitrogens with zero attached hydrogens (tertiary/aromatic N) is 1. The molecule has 0 saturated carbocycles.